The van der Waals surface area contributed by atoms with Crippen molar-refractivity contribution in [2.24, 2.45) is 0 Å². The van der Waals surface area contributed by atoms with Gasteiger partial charge in [-0.1, -0.05) is 27.7 Å². The summed E-state index contributed by atoms with van der Waals surface area (Å²) in [6, 6.07) is 0. The number of rotatable bonds is 6. The molecular formula is C10H26N2Si. The van der Waals surface area contributed by atoms with Gasteiger partial charge in [-0.15, -0.1) is 0 Å². The minimum Gasteiger partial charge on any atom is -0.312 e. The summed E-state index contributed by atoms with van der Waals surface area (Å²) in [6.07, 6.45) is 0. The van der Waals surface area contributed by atoms with Crippen molar-refractivity contribution in [2.75, 3.05) is 26.2 Å². The Hall–Kier alpha value is 0.137. The van der Waals surface area contributed by atoms with Crippen molar-refractivity contribution in [3.8, 4) is 0 Å². The van der Waals surface area contributed by atoms with E-state index in [0.717, 1.165) is 0 Å². The first-order valence-corrected chi connectivity index (χ1v) is 8.43. The van der Waals surface area contributed by atoms with Gasteiger partial charge in [0.15, 0.2) is 8.40 Å². The summed E-state index contributed by atoms with van der Waals surface area (Å²) in [4.78, 5) is 0. The number of hydrogen-bond acceptors (Lipinski definition) is 2. The third-order valence-corrected chi connectivity index (χ3v) is 7.44. The van der Waals surface area contributed by atoms with E-state index in [-0.39, 0.29) is 0 Å². The Balaban J connectivity index is 4.48. The Morgan fingerprint density at radius 1 is 0.692 bits per heavy atom. The van der Waals surface area contributed by atoms with Gasteiger partial charge in [0.1, 0.15) is 0 Å². The van der Waals surface area contributed by atoms with Gasteiger partial charge in [0, 0.05) is 0 Å². The van der Waals surface area contributed by atoms with Crippen LogP contribution >= 0.6 is 0 Å². The fraction of sp³-hybridized carbons (Fsp3) is 1.00. The highest BCUT2D eigenvalue weighted by molar-refractivity contribution is 6.71. The summed E-state index contributed by atoms with van der Waals surface area (Å²) >= 11 is 0. The monoisotopic (exact) mass is 202 g/mol. The third kappa shape index (κ3) is 3.08. The first kappa shape index (κ1) is 13.1. The predicted molar refractivity (Wildman–Crippen MR) is 63.3 cm³/mol. The Kier molecular flexibility index (Phi) is 5.84. The zero-order chi connectivity index (χ0) is 10.5. The van der Waals surface area contributed by atoms with Crippen LogP contribution in [0.25, 0.3) is 0 Å². The van der Waals surface area contributed by atoms with E-state index in [1.807, 2.05) is 0 Å². The van der Waals surface area contributed by atoms with Crippen LogP contribution in [0.1, 0.15) is 27.7 Å². The summed E-state index contributed by atoms with van der Waals surface area (Å²) in [5.74, 6) is 0. The summed E-state index contributed by atoms with van der Waals surface area (Å²) in [5.41, 5.74) is 0. The van der Waals surface area contributed by atoms with Gasteiger partial charge < -0.3 is 9.13 Å². The Morgan fingerprint density at radius 3 is 1.08 bits per heavy atom. The molecule has 0 aromatic carbocycles. The molecular weight excluding hydrogens is 176 g/mol. The SMILES string of the molecule is CCN(CC)[Si](C)(C)N(CC)CC. The van der Waals surface area contributed by atoms with Crippen LogP contribution in [0.4, 0.5) is 0 Å². The zero-order valence-corrected chi connectivity index (χ0v) is 11.2. The zero-order valence-electron chi connectivity index (χ0n) is 10.2. The molecule has 0 radical (unpaired) electrons. The lowest BCUT2D eigenvalue weighted by molar-refractivity contribution is 0.361. The molecule has 0 aromatic rings. The van der Waals surface area contributed by atoms with E-state index >= 15 is 0 Å². The molecule has 0 saturated heterocycles. The van der Waals surface area contributed by atoms with Gasteiger partial charge in [0.25, 0.3) is 0 Å². The minimum absolute atomic E-state index is 1.19. The van der Waals surface area contributed by atoms with Crippen LogP contribution in [0.3, 0.4) is 0 Å². The largest absolute Gasteiger partial charge is 0.312 e. The van der Waals surface area contributed by atoms with Crippen molar-refractivity contribution in [2.45, 2.75) is 40.8 Å². The van der Waals surface area contributed by atoms with Gasteiger partial charge in [0.2, 0.25) is 0 Å². The number of hydrogen-bond donors (Lipinski definition) is 0. The molecule has 0 aliphatic rings. The fourth-order valence-electron chi connectivity index (χ4n) is 2.19. The third-order valence-electron chi connectivity index (χ3n) is 3.07. The molecule has 0 N–H and O–H groups in total. The summed E-state index contributed by atoms with van der Waals surface area (Å²) in [7, 11) is -1.30. The van der Waals surface area contributed by atoms with Crippen LogP contribution in [0.2, 0.25) is 13.1 Å². The maximum atomic E-state index is 2.64. The molecule has 0 amide bonds. The van der Waals surface area contributed by atoms with Crippen molar-refractivity contribution in [1.29, 1.82) is 0 Å². The lowest BCUT2D eigenvalue weighted by atomic mass is 10.7. The van der Waals surface area contributed by atoms with Crippen molar-refractivity contribution in [3.05, 3.63) is 0 Å². The molecule has 0 fully saturated rings. The molecule has 0 heterocycles. The van der Waals surface area contributed by atoms with E-state index < -0.39 is 8.40 Å². The summed E-state index contributed by atoms with van der Waals surface area (Å²) in [6.45, 7) is 18.7. The molecule has 0 aliphatic carbocycles. The van der Waals surface area contributed by atoms with Crippen molar-refractivity contribution in [1.82, 2.24) is 9.13 Å². The highest BCUT2D eigenvalue weighted by Gasteiger charge is 2.32. The quantitative estimate of drug-likeness (QED) is 0.610. The topological polar surface area (TPSA) is 6.48 Å². The molecule has 3 heteroatoms. The van der Waals surface area contributed by atoms with Crippen LogP contribution in [0.5, 0.6) is 0 Å². The van der Waals surface area contributed by atoms with Gasteiger partial charge in [-0.2, -0.15) is 0 Å². The van der Waals surface area contributed by atoms with E-state index in [2.05, 4.69) is 49.9 Å². The van der Waals surface area contributed by atoms with Crippen LogP contribution in [0, 0.1) is 0 Å². The lowest BCUT2D eigenvalue weighted by Gasteiger charge is -2.43. The average molecular weight is 202 g/mol. The van der Waals surface area contributed by atoms with Gasteiger partial charge in [-0.3, -0.25) is 0 Å². The molecule has 13 heavy (non-hydrogen) atoms. The van der Waals surface area contributed by atoms with Crippen LogP contribution < -0.4 is 0 Å². The predicted octanol–water partition coefficient (Wildman–Crippen LogP) is 2.37. The van der Waals surface area contributed by atoms with Gasteiger partial charge >= 0.3 is 0 Å². The van der Waals surface area contributed by atoms with E-state index in [1.165, 1.54) is 26.2 Å². The molecule has 0 unspecified atom stereocenters. The van der Waals surface area contributed by atoms with E-state index in [1.54, 1.807) is 0 Å². The average Bonchev–Trinajstić information content (AvgIpc) is 2.07. The second-order valence-corrected chi connectivity index (χ2v) is 8.09. The first-order chi connectivity index (χ1) is 6.04. The molecule has 0 aromatic heterocycles. The maximum Gasteiger partial charge on any atom is 0.200 e. The molecule has 0 spiro atoms. The molecule has 0 rings (SSSR count). The Bertz CT molecular complexity index is 115. The molecule has 80 valence electrons. The van der Waals surface area contributed by atoms with Crippen LogP contribution in [-0.4, -0.2) is 43.7 Å². The Morgan fingerprint density at radius 2 is 0.923 bits per heavy atom. The van der Waals surface area contributed by atoms with E-state index in [0.29, 0.717) is 0 Å². The summed E-state index contributed by atoms with van der Waals surface area (Å²) < 4.78 is 5.28. The smallest absolute Gasteiger partial charge is 0.200 e. The standard InChI is InChI=1S/C10H26N2Si/c1-7-11(8-2)13(5,6)12(9-3)10-4/h7-10H2,1-6H3. The normalized spacial score (nSPS) is 12.9. The van der Waals surface area contributed by atoms with Crippen LogP contribution in [0.15, 0.2) is 0 Å². The van der Waals surface area contributed by atoms with Gasteiger partial charge in [-0.05, 0) is 39.3 Å². The van der Waals surface area contributed by atoms with Crippen molar-refractivity contribution in [3.63, 3.8) is 0 Å². The maximum absolute atomic E-state index is 2.64. The van der Waals surface area contributed by atoms with E-state index in [9.17, 15) is 0 Å². The van der Waals surface area contributed by atoms with E-state index in [4.69, 9.17) is 0 Å². The molecule has 0 aliphatic heterocycles. The van der Waals surface area contributed by atoms with Crippen molar-refractivity contribution < 1.29 is 0 Å². The fourth-order valence-corrected chi connectivity index (χ4v) is 5.69. The minimum atomic E-state index is -1.30. The molecule has 2 nitrogen and oxygen atoms in total. The highest BCUT2D eigenvalue weighted by Crippen LogP contribution is 2.14. The van der Waals surface area contributed by atoms with Gasteiger partial charge in [0.05, 0.1) is 0 Å². The molecule has 0 atom stereocenters. The number of nitrogens with zero attached hydrogens (tertiary/aromatic N) is 2. The first-order valence-electron chi connectivity index (χ1n) is 5.54. The van der Waals surface area contributed by atoms with Gasteiger partial charge in [-0.25, -0.2) is 0 Å². The summed E-state index contributed by atoms with van der Waals surface area (Å²) in [5, 5.41) is 0. The van der Waals surface area contributed by atoms with Crippen molar-refractivity contribution >= 4 is 8.40 Å². The Labute approximate surface area is 85.1 Å². The second kappa shape index (κ2) is 5.78. The molecule has 0 saturated carbocycles. The van der Waals surface area contributed by atoms with Crippen LogP contribution in [-0.2, 0) is 0 Å². The lowest BCUT2D eigenvalue weighted by Crippen LogP contribution is -2.61. The highest BCUT2D eigenvalue weighted by atomic mass is 28.3. The molecule has 0 bridgehead atoms. The second-order valence-electron chi connectivity index (χ2n) is 3.84.